The van der Waals surface area contributed by atoms with Crippen molar-refractivity contribution in [2.45, 2.75) is 386 Å². The maximum Gasteiger partial charge on any atom is 0.305 e. The molecule has 0 aliphatic rings. The average molecular weight is 1090 g/mol. The van der Waals surface area contributed by atoms with E-state index in [-0.39, 0.29) is 18.5 Å². The second-order valence-electron chi connectivity index (χ2n) is 23.9. The summed E-state index contributed by atoms with van der Waals surface area (Å²) in [7, 11) is 0. The Hall–Kier alpha value is -2.18. The lowest BCUT2D eigenvalue weighted by molar-refractivity contribution is -0.143. The number of ether oxygens (including phenoxy) is 1. The van der Waals surface area contributed by atoms with Gasteiger partial charge in [-0.05, 0) is 83.5 Å². The van der Waals surface area contributed by atoms with Crippen molar-refractivity contribution >= 4 is 11.9 Å². The molecule has 3 N–H and O–H groups in total. The molecule has 0 aromatic rings. The van der Waals surface area contributed by atoms with Crippen molar-refractivity contribution in [1.29, 1.82) is 0 Å². The summed E-state index contributed by atoms with van der Waals surface area (Å²) in [6.45, 7) is 4.88. The first-order valence-electron chi connectivity index (χ1n) is 34.9. The number of hydrogen-bond donors (Lipinski definition) is 3. The number of esters is 1. The minimum atomic E-state index is -0.852. The first-order chi connectivity index (χ1) is 38.5. The lowest BCUT2D eigenvalue weighted by atomic mass is 10.0. The largest absolute Gasteiger partial charge is 0.466 e. The molecule has 6 heteroatoms. The molecule has 0 aliphatic carbocycles. The molecule has 6 nitrogen and oxygen atoms in total. The fourth-order valence-corrected chi connectivity index (χ4v) is 10.7. The molecule has 2 unspecified atom stereocenters. The maximum absolute atomic E-state index is 12.5. The number of rotatable bonds is 65. The summed E-state index contributed by atoms with van der Waals surface area (Å²) in [5.74, 6) is -0.0769. The minimum absolute atomic E-state index is 0.00504. The van der Waals surface area contributed by atoms with Crippen molar-refractivity contribution in [3.05, 3.63) is 48.6 Å². The van der Waals surface area contributed by atoms with Gasteiger partial charge in [-0.1, -0.05) is 326 Å². The van der Waals surface area contributed by atoms with Gasteiger partial charge in [0.2, 0.25) is 5.91 Å². The predicted molar refractivity (Wildman–Crippen MR) is 342 cm³/mol. The molecule has 78 heavy (non-hydrogen) atoms. The Labute approximate surface area is 486 Å². The monoisotopic (exact) mass is 1090 g/mol. The van der Waals surface area contributed by atoms with Gasteiger partial charge in [-0.3, -0.25) is 9.59 Å². The van der Waals surface area contributed by atoms with Crippen LogP contribution in [0.2, 0.25) is 0 Å². The molecule has 0 aromatic carbocycles. The number of amides is 1. The first-order valence-corrected chi connectivity index (χ1v) is 34.9. The highest BCUT2D eigenvalue weighted by atomic mass is 16.5. The molecule has 1 amide bonds. The van der Waals surface area contributed by atoms with E-state index in [1.165, 1.54) is 289 Å². The van der Waals surface area contributed by atoms with E-state index in [4.69, 9.17) is 4.74 Å². The predicted octanol–water partition coefficient (Wildman–Crippen LogP) is 22.5. The number of unbranched alkanes of at least 4 members (excludes halogenated alkanes) is 48. The molecule has 0 bridgehead atoms. The quantitative estimate of drug-likeness (QED) is 0.0320. The average Bonchev–Trinajstić information content (AvgIpc) is 3.44. The highest BCUT2D eigenvalue weighted by Crippen LogP contribution is 2.18. The number of aliphatic hydroxyl groups is 2. The Bertz CT molecular complexity index is 1310. The van der Waals surface area contributed by atoms with Crippen LogP contribution in [0, 0.1) is 0 Å². The second-order valence-corrected chi connectivity index (χ2v) is 23.9. The van der Waals surface area contributed by atoms with Crippen molar-refractivity contribution in [3.8, 4) is 0 Å². The van der Waals surface area contributed by atoms with E-state index < -0.39 is 12.1 Å². The number of hydrogen-bond acceptors (Lipinski definition) is 5. The Kier molecular flexibility index (Phi) is 65.4. The summed E-state index contributed by atoms with van der Waals surface area (Å²) in [5, 5.41) is 23.3. The standard InChI is InChI=1S/C72H135NO5/c1-3-5-7-9-11-13-15-17-19-20-21-22-23-24-25-28-31-34-37-40-44-48-52-56-60-64-70(75)69(68-74)73-71(76)65-61-57-53-49-45-41-38-35-32-29-26-27-30-33-36-39-43-47-51-55-59-63-67-78-72(77)66-62-58-54-50-46-42-18-16-14-12-10-8-6-4-2/h10,12,16,18,29,32,60,64,69-70,74-75H,3-9,11,13-15,17,19-28,30-31,33-59,61-63,65-68H2,1-2H3,(H,73,76)/b12-10-,18-16-,32-29-,64-60+. The van der Waals surface area contributed by atoms with Crippen molar-refractivity contribution in [2.24, 2.45) is 0 Å². The SMILES string of the molecule is CCCC/C=C\C/C=C\CCCCCCCC(=O)OCCCCCCCCCCCCC/C=C\CCCCCCCCCC(=O)NC(CO)C(O)/C=C/CCCCCCCCCCCCCCCCCCCCCCCCC. The third kappa shape index (κ3) is 63.0. The van der Waals surface area contributed by atoms with Gasteiger partial charge in [0, 0.05) is 12.8 Å². The Morgan fingerprint density at radius 1 is 0.359 bits per heavy atom. The number of aliphatic hydroxyl groups excluding tert-OH is 2. The molecule has 0 saturated heterocycles. The molecule has 0 aliphatic heterocycles. The van der Waals surface area contributed by atoms with Gasteiger partial charge in [0.25, 0.3) is 0 Å². The zero-order chi connectivity index (χ0) is 56.4. The van der Waals surface area contributed by atoms with Crippen LogP contribution in [0.15, 0.2) is 48.6 Å². The molecule has 0 saturated carbocycles. The van der Waals surface area contributed by atoms with Crippen LogP contribution in [-0.2, 0) is 14.3 Å². The normalized spacial score (nSPS) is 12.8. The van der Waals surface area contributed by atoms with E-state index in [0.29, 0.717) is 19.4 Å². The molecule has 0 spiro atoms. The highest BCUT2D eigenvalue weighted by molar-refractivity contribution is 5.76. The molecule has 0 rings (SSSR count). The molecular formula is C72H135NO5. The van der Waals surface area contributed by atoms with Crippen LogP contribution in [0.3, 0.4) is 0 Å². The number of nitrogens with one attached hydrogen (secondary N) is 1. The second kappa shape index (κ2) is 67.3. The lowest BCUT2D eigenvalue weighted by Crippen LogP contribution is -2.45. The van der Waals surface area contributed by atoms with E-state index in [2.05, 4.69) is 55.6 Å². The summed E-state index contributed by atoms with van der Waals surface area (Å²) in [6, 6.07) is -0.636. The third-order valence-corrected chi connectivity index (χ3v) is 16.1. The van der Waals surface area contributed by atoms with E-state index >= 15 is 0 Å². The number of carbonyl (C=O) groups excluding carboxylic acids is 2. The van der Waals surface area contributed by atoms with Crippen LogP contribution >= 0.6 is 0 Å². The Morgan fingerprint density at radius 2 is 0.654 bits per heavy atom. The molecular weight excluding hydrogens is 959 g/mol. The Morgan fingerprint density at radius 3 is 1.03 bits per heavy atom. The van der Waals surface area contributed by atoms with Gasteiger partial charge in [0.15, 0.2) is 0 Å². The van der Waals surface area contributed by atoms with Gasteiger partial charge < -0.3 is 20.3 Å². The van der Waals surface area contributed by atoms with Crippen molar-refractivity contribution in [2.75, 3.05) is 13.2 Å². The van der Waals surface area contributed by atoms with Gasteiger partial charge >= 0.3 is 5.97 Å². The summed E-state index contributed by atoms with van der Waals surface area (Å²) in [4.78, 5) is 24.6. The molecule has 0 fully saturated rings. The van der Waals surface area contributed by atoms with Gasteiger partial charge in [0.1, 0.15) is 0 Å². The van der Waals surface area contributed by atoms with Crippen LogP contribution in [0.1, 0.15) is 373 Å². The van der Waals surface area contributed by atoms with Gasteiger partial charge in [0.05, 0.1) is 25.4 Å². The molecule has 0 radical (unpaired) electrons. The minimum Gasteiger partial charge on any atom is -0.466 e. The summed E-state index contributed by atoms with van der Waals surface area (Å²) >= 11 is 0. The first kappa shape index (κ1) is 75.8. The van der Waals surface area contributed by atoms with Crippen LogP contribution in [0.4, 0.5) is 0 Å². The highest BCUT2D eigenvalue weighted by Gasteiger charge is 2.18. The van der Waals surface area contributed by atoms with E-state index in [0.717, 1.165) is 57.8 Å². The van der Waals surface area contributed by atoms with Crippen molar-refractivity contribution < 1.29 is 24.5 Å². The zero-order valence-corrected chi connectivity index (χ0v) is 52.4. The smallest absolute Gasteiger partial charge is 0.305 e. The molecule has 0 heterocycles. The summed E-state index contributed by atoms with van der Waals surface area (Å²) in [6.07, 6.45) is 87.5. The van der Waals surface area contributed by atoms with Crippen LogP contribution in [-0.4, -0.2) is 47.4 Å². The molecule has 2 atom stereocenters. The van der Waals surface area contributed by atoms with Gasteiger partial charge in [-0.15, -0.1) is 0 Å². The molecule has 458 valence electrons. The number of carbonyl (C=O) groups is 2. The van der Waals surface area contributed by atoms with Crippen LogP contribution < -0.4 is 5.32 Å². The van der Waals surface area contributed by atoms with E-state index in [1.54, 1.807) is 6.08 Å². The fourth-order valence-electron chi connectivity index (χ4n) is 10.7. The summed E-state index contributed by atoms with van der Waals surface area (Å²) < 4.78 is 5.47. The Balaban J connectivity index is 3.45. The van der Waals surface area contributed by atoms with Gasteiger partial charge in [-0.25, -0.2) is 0 Å². The topological polar surface area (TPSA) is 95.9 Å². The summed E-state index contributed by atoms with van der Waals surface area (Å²) in [5.41, 5.74) is 0. The van der Waals surface area contributed by atoms with Gasteiger partial charge in [-0.2, -0.15) is 0 Å². The van der Waals surface area contributed by atoms with Crippen LogP contribution in [0.5, 0.6) is 0 Å². The van der Waals surface area contributed by atoms with E-state index in [1.807, 2.05) is 6.08 Å². The van der Waals surface area contributed by atoms with E-state index in [9.17, 15) is 19.8 Å². The third-order valence-electron chi connectivity index (χ3n) is 16.1. The van der Waals surface area contributed by atoms with Crippen LogP contribution in [0.25, 0.3) is 0 Å². The van der Waals surface area contributed by atoms with Crippen molar-refractivity contribution in [1.82, 2.24) is 5.32 Å². The zero-order valence-electron chi connectivity index (χ0n) is 52.4. The fraction of sp³-hybridized carbons (Fsp3) is 0.861. The number of allylic oxidation sites excluding steroid dienone is 7. The maximum atomic E-state index is 12.5. The molecule has 0 aromatic heterocycles. The van der Waals surface area contributed by atoms with Crippen molar-refractivity contribution in [3.63, 3.8) is 0 Å². The lowest BCUT2D eigenvalue weighted by Gasteiger charge is -2.20.